The van der Waals surface area contributed by atoms with E-state index in [4.69, 9.17) is 5.73 Å². The van der Waals surface area contributed by atoms with Crippen molar-refractivity contribution in [2.45, 2.75) is 13.1 Å². The minimum absolute atomic E-state index is 0.0392. The molecule has 0 aliphatic rings. The summed E-state index contributed by atoms with van der Waals surface area (Å²) < 4.78 is 40.0. The molecule has 0 bridgehead atoms. The first-order valence-corrected chi connectivity index (χ1v) is 3.80. The maximum atomic E-state index is 11.8. The fourth-order valence-electron chi connectivity index (χ4n) is 0.925. The van der Waals surface area contributed by atoms with Crippen LogP contribution < -0.4 is 10.5 Å². The molecule has 1 heterocycles. The maximum Gasteiger partial charge on any atom is 0.422 e. The number of ether oxygens (including phenoxy) is 1. The number of aromatic nitrogens is 1. The van der Waals surface area contributed by atoms with E-state index in [0.717, 1.165) is 0 Å². The molecule has 0 aliphatic carbocycles. The van der Waals surface area contributed by atoms with Gasteiger partial charge in [-0.1, -0.05) is 0 Å². The van der Waals surface area contributed by atoms with Gasteiger partial charge in [-0.2, -0.15) is 13.2 Å². The SMILES string of the molecule is Cc1cncc(N)c1OCC(F)(F)F. The van der Waals surface area contributed by atoms with Crippen LogP contribution in [-0.4, -0.2) is 17.8 Å². The van der Waals surface area contributed by atoms with E-state index in [9.17, 15) is 13.2 Å². The topological polar surface area (TPSA) is 48.1 Å². The molecule has 0 radical (unpaired) electrons. The van der Waals surface area contributed by atoms with Crippen molar-refractivity contribution in [3.8, 4) is 5.75 Å². The second kappa shape index (κ2) is 3.73. The lowest BCUT2D eigenvalue weighted by Crippen LogP contribution is -2.20. The summed E-state index contributed by atoms with van der Waals surface area (Å²) in [5.74, 6) is 0.0392. The third-order valence-corrected chi connectivity index (χ3v) is 1.48. The van der Waals surface area contributed by atoms with Crippen LogP contribution in [0.4, 0.5) is 18.9 Å². The Morgan fingerprint density at radius 2 is 2.07 bits per heavy atom. The average molecular weight is 206 g/mol. The van der Waals surface area contributed by atoms with Gasteiger partial charge in [0.2, 0.25) is 0 Å². The molecule has 1 rings (SSSR count). The number of nitrogens with two attached hydrogens (primary N) is 1. The van der Waals surface area contributed by atoms with Crippen molar-refractivity contribution in [2.24, 2.45) is 0 Å². The largest absolute Gasteiger partial charge is 0.482 e. The molecule has 14 heavy (non-hydrogen) atoms. The average Bonchev–Trinajstić information content (AvgIpc) is 2.01. The van der Waals surface area contributed by atoms with E-state index in [0.29, 0.717) is 5.56 Å². The fourth-order valence-corrected chi connectivity index (χ4v) is 0.925. The fraction of sp³-hybridized carbons (Fsp3) is 0.375. The first-order valence-electron chi connectivity index (χ1n) is 3.80. The number of aryl methyl sites for hydroxylation is 1. The van der Waals surface area contributed by atoms with Crippen molar-refractivity contribution in [3.05, 3.63) is 18.0 Å². The van der Waals surface area contributed by atoms with Crippen molar-refractivity contribution >= 4 is 5.69 Å². The summed E-state index contributed by atoms with van der Waals surface area (Å²) in [5, 5.41) is 0. The van der Waals surface area contributed by atoms with Crippen LogP contribution in [0.5, 0.6) is 5.75 Å². The number of hydrogen-bond acceptors (Lipinski definition) is 3. The molecular weight excluding hydrogens is 197 g/mol. The van der Waals surface area contributed by atoms with E-state index in [2.05, 4.69) is 9.72 Å². The highest BCUT2D eigenvalue weighted by Crippen LogP contribution is 2.26. The van der Waals surface area contributed by atoms with E-state index < -0.39 is 12.8 Å². The number of rotatable bonds is 2. The van der Waals surface area contributed by atoms with Gasteiger partial charge in [-0.3, -0.25) is 4.98 Å². The highest BCUT2D eigenvalue weighted by Gasteiger charge is 2.29. The molecule has 0 atom stereocenters. The molecule has 0 saturated heterocycles. The number of alkyl halides is 3. The zero-order chi connectivity index (χ0) is 10.8. The van der Waals surface area contributed by atoms with Crippen molar-refractivity contribution in [1.82, 2.24) is 4.98 Å². The van der Waals surface area contributed by atoms with Crippen molar-refractivity contribution in [1.29, 1.82) is 0 Å². The summed E-state index contributed by atoms with van der Waals surface area (Å²) in [6.07, 6.45) is -1.72. The van der Waals surface area contributed by atoms with Gasteiger partial charge in [0, 0.05) is 11.8 Å². The molecule has 0 amide bonds. The van der Waals surface area contributed by atoms with Gasteiger partial charge in [0.25, 0.3) is 0 Å². The molecule has 0 aromatic carbocycles. The number of nitrogen functional groups attached to an aromatic ring is 1. The van der Waals surface area contributed by atoms with Gasteiger partial charge in [0.1, 0.15) is 5.75 Å². The molecule has 78 valence electrons. The Balaban J connectivity index is 2.77. The summed E-state index contributed by atoms with van der Waals surface area (Å²) in [4.78, 5) is 3.70. The summed E-state index contributed by atoms with van der Waals surface area (Å²) >= 11 is 0. The number of nitrogens with zero attached hydrogens (tertiary/aromatic N) is 1. The van der Waals surface area contributed by atoms with E-state index in [1.54, 1.807) is 6.92 Å². The van der Waals surface area contributed by atoms with E-state index in [1.165, 1.54) is 12.4 Å². The monoisotopic (exact) mass is 206 g/mol. The Kier molecular flexibility index (Phi) is 2.83. The first kappa shape index (κ1) is 10.6. The van der Waals surface area contributed by atoms with E-state index in [1.807, 2.05) is 0 Å². The molecule has 2 N–H and O–H groups in total. The molecule has 1 aromatic rings. The Morgan fingerprint density at radius 1 is 1.43 bits per heavy atom. The lowest BCUT2D eigenvalue weighted by Gasteiger charge is -2.12. The second-order valence-corrected chi connectivity index (χ2v) is 2.78. The highest BCUT2D eigenvalue weighted by molar-refractivity contribution is 5.53. The molecule has 0 spiro atoms. The molecular formula is C8H9F3N2O. The van der Waals surface area contributed by atoms with Gasteiger partial charge in [-0.15, -0.1) is 0 Å². The molecule has 0 fully saturated rings. The summed E-state index contributed by atoms with van der Waals surface area (Å²) in [7, 11) is 0. The smallest absolute Gasteiger partial charge is 0.422 e. The molecule has 3 nitrogen and oxygen atoms in total. The van der Waals surface area contributed by atoms with Crippen LogP contribution in [0.3, 0.4) is 0 Å². The van der Waals surface area contributed by atoms with Crippen LogP contribution in [0.15, 0.2) is 12.4 Å². The van der Waals surface area contributed by atoms with Crippen molar-refractivity contribution in [2.75, 3.05) is 12.3 Å². The molecule has 0 unspecified atom stereocenters. The summed E-state index contributed by atoms with van der Waals surface area (Å²) in [6, 6.07) is 0. The van der Waals surface area contributed by atoms with Crippen LogP contribution in [0.25, 0.3) is 0 Å². The van der Waals surface area contributed by atoms with Crippen LogP contribution in [0.1, 0.15) is 5.56 Å². The Bertz CT molecular complexity index is 305. The lowest BCUT2D eigenvalue weighted by molar-refractivity contribution is -0.153. The molecule has 0 saturated carbocycles. The number of hydrogen-bond donors (Lipinski definition) is 1. The van der Waals surface area contributed by atoms with Gasteiger partial charge in [0.05, 0.1) is 11.9 Å². The zero-order valence-corrected chi connectivity index (χ0v) is 7.43. The number of pyridine rings is 1. The Morgan fingerprint density at radius 3 is 2.57 bits per heavy atom. The van der Waals surface area contributed by atoms with Gasteiger partial charge in [0.15, 0.2) is 6.61 Å². The van der Waals surface area contributed by atoms with Crippen molar-refractivity contribution in [3.63, 3.8) is 0 Å². The standard InChI is InChI=1S/C8H9F3N2O/c1-5-2-13-3-6(12)7(5)14-4-8(9,10)11/h2-3H,4,12H2,1H3. The second-order valence-electron chi connectivity index (χ2n) is 2.78. The van der Waals surface area contributed by atoms with E-state index in [-0.39, 0.29) is 11.4 Å². The van der Waals surface area contributed by atoms with Crippen LogP contribution >= 0.6 is 0 Å². The number of anilines is 1. The van der Waals surface area contributed by atoms with Gasteiger partial charge in [-0.25, -0.2) is 0 Å². The molecule has 6 heteroatoms. The minimum atomic E-state index is -4.36. The highest BCUT2D eigenvalue weighted by atomic mass is 19.4. The third-order valence-electron chi connectivity index (χ3n) is 1.48. The first-order chi connectivity index (χ1) is 6.40. The van der Waals surface area contributed by atoms with Crippen molar-refractivity contribution < 1.29 is 17.9 Å². The van der Waals surface area contributed by atoms with Crippen LogP contribution in [0, 0.1) is 6.92 Å². The predicted octanol–water partition coefficient (Wildman–Crippen LogP) is 1.91. The van der Waals surface area contributed by atoms with Crippen LogP contribution in [-0.2, 0) is 0 Å². The normalized spacial score (nSPS) is 11.4. The minimum Gasteiger partial charge on any atom is -0.482 e. The predicted molar refractivity (Wildman–Crippen MR) is 44.9 cm³/mol. The lowest BCUT2D eigenvalue weighted by atomic mass is 10.2. The van der Waals surface area contributed by atoms with Gasteiger partial charge < -0.3 is 10.5 Å². The zero-order valence-electron chi connectivity index (χ0n) is 7.43. The Hall–Kier alpha value is -1.46. The van der Waals surface area contributed by atoms with Gasteiger partial charge in [-0.05, 0) is 6.92 Å². The summed E-state index contributed by atoms with van der Waals surface area (Å²) in [6.45, 7) is 0.233. The summed E-state index contributed by atoms with van der Waals surface area (Å²) in [5.41, 5.74) is 5.98. The Labute approximate surface area is 78.7 Å². The van der Waals surface area contributed by atoms with Crippen LogP contribution in [0.2, 0.25) is 0 Å². The maximum absolute atomic E-state index is 11.8. The number of halogens is 3. The third kappa shape index (κ3) is 2.79. The van der Waals surface area contributed by atoms with Gasteiger partial charge >= 0.3 is 6.18 Å². The quantitative estimate of drug-likeness (QED) is 0.804. The molecule has 1 aromatic heterocycles. The van der Waals surface area contributed by atoms with E-state index >= 15 is 0 Å². The molecule has 0 aliphatic heterocycles.